The van der Waals surface area contributed by atoms with E-state index in [1.54, 1.807) is 0 Å². The summed E-state index contributed by atoms with van der Waals surface area (Å²) in [6, 6.07) is 87.0. The molecule has 0 atom stereocenters. The molecule has 0 saturated carbocycles. The molecule has 1 nitrogen and oxygen atoms in total. The highest BCUT2D eigenvalue weighted by Gasteiger charge is 2.27. The van der Waals surface area contributed by atoms with Gasteiger partial charge in [-0.2, -0.15) is 0 Å². The Balaban J connectivity index is 1.28. The minimum absolute atomic E-state index is 1.14. The highest BCUT2D eigenvalue weighted by atomic mass is 15.0. The molecule has 284 valence electrons. The van der Waals surface area contributed by atoms with Crippen molar-refractivity contribution >= 4 is 54.1 Å². The van der Waals surface area contributed by atoms with Crippen LogP contribution in [0, 0.1) is 0 Å². The van der Waals surface area contributed by atoms with E-state index in [9.17, 15) is 0 Å². The first-order valence-corrected chi connectivity index (χ1v) is 21.1. The number of fused-ring (bicyclic) bond motifs is 6. The summed E-state index contributed by atoms with van der Waals surface area (Å²) in [6.45, 7) is 0. The normalized spacial score (nSPS) is 11.6. The highest BCUT2D eigenvalue weighted by molar-refractivity contribution is 6.28. The molecule has 0 unspecified atom stereocenters. The van der Waals surface area contributed by atoms with E-state index in [4.69, 9.17) is 0 Å². The SMILES string of the molecule is c1ccc(-c2cc3c4ccccc4n(-c4ccccc4)c3c(-c3ccccc3)c2-c2c3ccccc3c(-c3ccccc3-c3ccc4ccccc4c3)c3ccccc23)cc1. The number of hydrogen-bond acceptors (Lipinski definition) is 0. The molecule has 0 fully saturated rings. The van der Waals surface area contributed by atoms with Gasteiger partial charge in [0.2, 0.25) is 0 Å². The maximum Gasteiger partial charge on any atom is 0.0626 e. The van der Waals surface area contributed by atoms with Gasteiger partial charge in [-0.15, -0.1) is 0 Å². The molecule has 0 bridgehead atoms. The summed E-state index contributed by atoms with van der Waals surface area (Å²) >= 11 is 0. The molecule has 0 radical (unpaired) electrons. The summed E-state index contributed by atoms with van der Waals surface area (Å²) in [4.78, 5) is 0. The lowest BCUT2D eigenvalue weighted by atomic mass is 9.79. The van der Waals surface area contributed by atoms with Gasteiger partial charge in [-0.3, -0.25) is 0 Å². The van der Waals surface area contributed by atoms with Crippen molar-refractivity contribution in [2.24, 2.45) is 0 Å². The zero-order valence-electron chi connectivity index (χ0n) is 33.5. The van der Waals surface area contributed by atoms with Crippen LogP contribution in [0.25, 0.3) is 115 Å². The molecule has 11 aromatic carbocycles. The summed E-state index contributed by atoms with van der Waals surface area (Å²) in [5.41, 5.74) is 15.7. The van der Waals surface area contributed by atoms with Gasteiger partial charge in [0.05, 0.1) is 11.0 Å². The molecule has 61 heavy (non-hydrogen) atoms. The fourth-order valence-corrected chi connectivity index (χ4v) is 9.96. The third-order valence-corrected chi connectivity index (χ3v) is 12.6. The Morgan fingerprint density at radius 2 is 0.754 bits per heavy atom. The Morgan fingerprint density at radius 3 is 1.43 bits per heavy atom. The molecule has 0 N–H and O–H groups in total. The molecule has 0 aliphatic heterocycles. The zero-order valence-corrected chi connectivity index (χ0v) is 33.5. The van der Waals surface area contributed by atoms with Crippen LogP contribution in [-0.4, -0.2) is 4.57 Å². The molecule has 1 heterocycles. The van der Waals surface area contributed by atoms with Crippen LogP contribution in [0.4, 0.5) is 0 Å². The van der Waals surface area contributed by atoms with Crippen LogP contribution >= 0.6 is 0 Å². The first kappa shape index (κ1) is 35.0. The largest absolute Gasteiger partial charge is 0.309 e. The molecule has 0 aliphatic carbocycles. The molecule has 0 amide bonds. The van der Waals surface area contributed by atoms with Gasteiger partial charge >= 0.3 is 0 Å². The minimum Gasteiger partial charge on any atom is -0.309 e. The van der Waals surface area contributed by atoms with E-state index in [1.807, 2.05) is 0 Å². The molecule has 12 rings (SSSR count). The van der Waals surface area contributed by atoms with Crippen LogP contribution in [-0.2, 0) is 0 Å². The second-order valence-corrected chi connectivity index (χ2v) is 15.9. The number of benzene rings is 11. The van der Waals surface area contributed by atoms with Gasteiger partial charge in [0, 0.05) is 27.6 Å². The number of para-hydroxylation sites is 2. The van der Waals surface area contributed by atoms with Crippen LogP contribution < -0.4 is 0 Å². The molecule has 0 saturated heterocycles. The van der Waals surface area contributed by atoms with Crippen LogP contribution in [0.1, 0.15) is 0 Å². The number of nitrogens with zero attached hydrogens (tertiary/aromatic N) is 1. The third-order valence-electron chi connectivity index (χ3n) is 12.6. The van der Waals surface area contributed by atoms with Gasteiger partial charge in [-0.1, -0.05) is 206 Å². The summed E-state index contributed by atoms with van der Waals surface area (Å²) in [6.07, 6.45) is 0. The van der Waals surface area contributed by atoms with Crippen molar-refractivity contribution < 1.29 is 0 Å². The van der Waals surface area contributed by atoms with Gasteiger partial charge in [0.15, 0.2) is 0 Å². The van der Waals surface area contributed by atoms with Crippen LogP contribution in [0.15, 0.2) is 237 Å². The summed E-state index contributed by atoms with van der Waals surface area (Å²) < 4.78 is 2.49. The summed E-state index contributed by atoms with van der Waals surface area (Å²) in [5.74, 6) is 0. The van der Waals surface area contributed by atoms with Crippen molar-refractivity contribution in [1.29, 1.82) is 0 Å². The lowest BCUT2D eigenvalue weighted by Crippen LogP contribution is -2.00. The molecule has 1 aromatic heterocycles. The van der Waals surface area contributed by atoms with Gasteiger partial charge in [-0.25, -0.2) is 0 Å². The van der Waals surface area contributed by atoms with Crippen molar-refractivity contribution in [3.8, 4) is 61.3 Å². The van der Waals surface area contributed by atoms with Crippen LogP contribution in [0.2, 0.25) is 0 Å². The topological polar surface area (TPSA) is 4.93 Å². The molecule has 0 aliphatic rings. The molecule has 1 heteroatoms. The monoisotopic (exact) mass is 773 g/mol. The standard InChI is InChI=1S/C60H39N/c1-4-21-41(22-5-1)53-39-54-47-29-18-19-35-55(47)61(45-26-8-3-9-27-45)60(54)56(42-23-6-2-7-24-42)59(53)58-51-33-16-14-31-49(51)57(50-32-15-17-34-52(50)58)48-30-13-12-28-46(48)44-37-36-40-20-10-11-25-43(40)38-44/h1-39H. The van der Waals surface area contributed by atoms with E-state index in [0.29, 0.717) is 0 Å². The summed E-state index contributed by atoms with van der Waals surface area (Å²) in [5, 5.41) is 9.85. The van der Waals surface area contributed by atoms with Crippen molar-refractivity contribution in [1.82, 2.24) is 4.57 Å². The maximum atomic E-state index is 2.49. The highest BCUT2D eigenvalue weighted by Crippen LogP contribution is 2.53. The minimum atomic E-state index is 1.14. The van der Waals surface area contributed by atoms with Crippen molar-refractivity contribution in [3.05, 3.63) is 237 Å². The molecular formula is C60H39N. The molecular weight excluding hydrogens is 735 g/mol. The van der Waals surface area contributed by atoms with Crippen LogP contribution in [0.3, 0.4) is 0 Å². The third kappa shape index (κ3) is 5.63. The number of rotatable bonds is 6. The molecule has 0 spiro atoms. The predicted molar refractivity (Wildman–Crippen MR) is 260 cm³/mol. The average molecular weight is 774 g/mol. The van der Waals surface area contributed by atoms with Crippen molar-refractivity contribution in [2.75, 3.05) is 0 Å². The lowest BCUT2D eigenvalue weighted by Gasteiger charge is -2.24. The Hall–Kier alpha value is -8.00. The maximum absolute atomic E-state index is 2.49. The Morgan fingerprint density at radius 1 is 0.246 bits per heavy atom. The van der Waals surface area contributed by atoms with E-state index in [-0.39, 0.29) is 0 Å². The Kier molecular flexibility index (Phi) is 8.25. The van der Waals surface area contributed by atoms with Gasteiger partial charge in [0.25, 0.3) is 0 Å². The van der Waals surface area contributed by atoms with Crippen LogP contribution in [0.5, 0.6) is 0 Å². The van der Waals surface area contributed by atoms with Gasteiger partial charge in [0.1, 0.15) is 0 Å². The quantitative estimate of drug-likeness (QED) is 0.148. The van der Waals surface area contributed by atoms with E-state index in [1.165, 1.54) is 110 Å². The zero-order chi connectivity index (χ0) is 40.3. The Labute approximate surface area is 355 Å². The predicted octanol–water partition coefficient (Wildman–Crippen LogP) is 16.6. The molecule has 12 aromatic rings. The second-order valence-electron chi connectivity index (χ2n) is 15.9. The van der Waals surface area contributed by atoms with E-state index >= 15 is 0 Å². The number of aromatic nitrogens is 1. The smallest absolute Gasteiger partial charge is 0.0626 e. The lowest BCUT2D eigenvalue weighted by molar-refractivity contribution is 1.18. The fourth-order valence-electron chi connectivity index (χ4n) is 9.96. The first-order valence-electron chi connectivity index (χ1n) is 21.1. The van der Waals surface area contributed by atoms with E-state index in [2.05, 4.69) is 241 Å². The van der Waals surface area contributed by atoms with Crippen molar-refractivity contribution in [3.63, 3.8) is 0 Å². The number of hydrogen-bond donors (Lipinski definition) is 0. The summed E-state index contributed by atoms with van der Waals surface area (Å²) in [7, 11) is 0. The first-order chi connectivity index (χ1) is 30.3. The van der Waals surface area contributed by atoms with E-state index in [0.717, 1.165) is 5.69 Å². The van der Waals surface area contributed by atoms with Crippen molar-refractivity contribution in [2.45, 2.75) is 0 Å². The second kappa shape index (κ2) is 14.4. The fraction of sp³-hybridized carbons (Fsp3) is 0. The Bertz CT molecular complexity index is 3560. The van der Waals surface area contributed by atoms with Gasteiger partial charge < -0.3 is 4.57 Å². The van der Waals surface area contributed by atoms with Gasteiger partial charge in [-0.05, 0) is 107 Å². The van der Waals surface area contributed by atoms with E-state index < -0.39 is 0 Å². The average Bonchev–Trinajstić information content (AvgIpc) is 3.67.